The zero-order valence-corrected chi connectivity index (χ0v) is 7.55. The Morgan fingerprint density at radius 2 is 1.64 bits per heavy atom. The minimum atomic E-state index is 0.925. The second-order valence-electron chi connectivity index (χ2n) is 2.61. The van der Waals surface area contributed by atoms with Crippen LogP contribution in [-0.2, 0) is 0 Å². The van der Waals surface area contributed by atoms with E-state index in [1.807, 2.05) is 0 Å². The molecule has 0 saturated heterocycles. The van der Waals surface area contributed by atoms with Crippen LogP contribution in [0.15, 0.2) is 24.3 Å². The minimum absolute atomic E-state index is 0.925. The fourth-order valence-electron chi connectivity index (χ4n) is 0.927. The fourth-order valence-corrected chi connectivity index (χ4v) is 0.927. The van der Waals surface area contributed by atoms with Crippen LogP contribution in [0.4, 0.5) is 0 Å². The molecule has 0 spiro atoms. The van der Waals surface area contributed by atoms with E-state index in [-0.39, 0.29) is 0 Å². The third-order valence-corrected chi connectivity index (χ3v) is 1.56. The predicted molar refractivity (Wildman–Crippen MR) is 52.4 cm³/mol. The first-order chi connectivity index (χ1) is 5.41. The first kappa shape index (κ1) is 10.5. The van der Waals surface area contributed by atoms with Crippen LogP contribution in [0.5, 0.6) is 0 Å². The summed E-state index contributed by atoms with van der Waals surface area (Å²) in [5.74, 6) is 0. The van der Waals surface area contributed by atoms with Crippen LogP contribution in [0, 0.1) is 6.92 Å². The largest absolute Gasteiger partial charge is 0.0917 e. The van der Waals surface area contributed by atoms with Crippen molar-refractivity contribution < 1.29 is 0 Å². The average molecular weight is 151 g/mol. The fraction of sp³-hybridized carbons (Fsp3) is 0.545. The van der Waals surface area contributed by atoms with E-state index in [9.17, 15) is 0 Å². The normalized spacial score (nSPS) is 11.8. The Hall–Kier alpha value is -0.520. The van der Waals surface area contributed by atoms with Gasteiger partial charge in [0.15, 0.2) is 0 Å². The topological polar surface area (TPSA) is 0 Å². The van der Waals surface area contributed by atoms with Gasteiger partial charge in [-0.05, 0) is 46.0 Å². The first-order valence-electron chi connectivity index (χ1n) is 4.47. The van der Waals surface area contributed by atoms with E-state index in [0.29, 0.717) is 0 Å². The molecule has 0 heteroatoms. The monoisotopic (exact) mass is 151 g/mol. The maximum Gasteiger partial charge on any atom is -0.0351 e. The van der Waals surface area contributed by atoms with Crippen molar-refractivity contribution in [3.8, 4) is 0 Å². The quantitative estimate of drug-likeness (QED) is 0.399. The van der Waals surface area contributed by atoms with Gasteiger partial charge in [0.05, 0.1) is 0 Å². The standard InChI is InChI=1S/C11H19/c1-3-5-7-9-11-10-8-6-4-2/h4-7H,1,3,8-11H2,2H3/b6-4+,7-5+. The minimum Gasteiger partial charge on any atom is -0.0917 e. The van der Waals surface area contributed by atoms with E-state index >= 15 is 0 Å². The maximum atomic E-state index is 3.73. The molecule has 0 saturated carbocycles. The van der Waals surface area contributed by atoms with Gasteiger partial charge in [-0.15, -0.1) is 0 Å². The van der Waals surface area contributed by atoms with Crippen LogP contribution in [-0.4, -0.2) is 0 Å². The molecule has 0 aliphatic rings. The molecule has 0 aliphatic carbocycles. The van der Waals surface area contributed by atoms with Crippen LogP contribution >= 0.6 is 0 Å². The van der Waals surface area contributed by atoms with Crippen molar-refractivity contribution in [1.29, 1.82) is 0 Å². The summed E-state index contributed by atoms with van der Waals surface area (Å²) in [4.78, 5) is 0. The molecule has 0 aromatic rings. The van der Waals surface area contributed by atoms with Gasteiger partial charge in [0.2, 0.25) is 0 Å². The lowest BCUT2D eigenvalue weighted by molar-refractivity contribution is 0.761. The molecular weight excluding hydrogens is 132 g/mol. The van der Waals surface area contributed by atoms with Crippen molar-refractivity contribution in [3.05, 3.63) is 31.2 Å². The molecular formula is C11H19. The summed E-state index contributed by atoms with van der Waals surface area (Å²) >= 11 is 0. The van der Waals surface area contributed by atoms with E-state index in [1.165, 1.54) is 25.7 Å². The molecule has 1 radical (unpaired) electrons. The van der Waals surface area contributed by atoms with Crippen molar-refractivity contribution in [2.75, 3.05) is 0 Å². The molecule has 0 N–H and O–H groups in total. The lowest BCUT2D eigenvalue weighted by atomic mass is 10.2. The molecule has 63 valence electrons. The number of hydrogen-bond donors (Lipinski definition) is 0. The second kappa shape index (κ2) is 9.48. The van der Waals surface area contributed by atoms with Gasteiger partial charge < -0.3 is 0 Å². The average Bonchev–Trinajstić information content (AvgIpc) is 2.03. The molecule has 0 rings (SSSR count). The molecule has 0 nitrogen and oxygen atoms in total. The molecule has 0 heterocycles. The zero-order valence-electron chi connectivity index (χ0n) is 7.55. The summed E-state index contributed by atoms with van der Waals surface area (Å²) in [7, 11) is 0. The third kappa shape index (κ3) is 9.48. The molecule has 11 heavy (non-hydrogen) atoms. The third-order valence-electron chi connectivity index (χ3n) is 1.56. The number of allylic oxidation sites excluding steroid dienone is 4. The first-order valence-corrected chi connectivity index (χ1v) is 4.47. The zero-order chi connectivity index (χ0) is 8.36. The van der Waals surface area contributed by atoms with Gasteiger partial charge >= 0.3 is 0 Å². The number of unbranched alkanes of at least 4 members (excludes halogenated alkanes) is 3. The van der Waals surface area contributed by atoms with Crippen molar-refractivity contribution in [3.63, 3.8) is 0 Å². The Labute approximate surface area is 71.0 Å². The van der Waals surface area contributed by atoms with Crippen LogP contribution in [0.1, 0.15) is 39.0 Å². The maximum absolute atomic E-state index is 3.73. The van der Waals surface area contributed by atoms with Crippen LogP contribution in [0.2, 0.25) is 0 Å². The highest BCUT2D eigenvalue weighted by atomic mass is 13.9. The highest BCUT2D eigenvalue weighted by Gasteiger charge is 1.81. The molecule has 0 amide bonds. The smallest absolute Gasteiger partial charge is 0.0351 e. The van der Waals surface area contributed by atoms with Gasteiger partial charge in [-0.25, -0.2) is 0 Å². The molecule has 0 atom stereocenters. The SMILES string of the molecule is [CH2]C/C=C/CCCC/C=C/C. The van der Waals surface area contributed by atoms with E-state index in [2.05, 4.69) is 38.2 Å². The van der Waals surface area contributed by atoms with Gasteiger partial charge in [-0.2, -0.15) is 0 Å². The van der Waals surface area contributed by atoms with E-state index in [1.54, 1.807) is 0 Å². The molecule has 0 aromatic carbocycles. The lowest BCUT2D eigenvalue weighted by Crippen LogP contribution is -1.71. The Kier molecular flexibility index (Phi) is 9.03. The Balaban J connectivity index is 2.96. The highest BCUT2D eigenvalue weighted by molar-refractivity contribution is 4.82. The molecule has 0 aromatic heterocycles. The van der Waals surface area contributed by atoms with Crippen LogP contribution in [0.25, 0.3) is 0 Å². The Bertz CT molecular complexity index is 109. The van der Waals surface area contributed by atoms with E-state index < -0.39 is 0 Å². The summed E-state index contributed by atoms with van der Waals surface area (Å²) in [6, 6.07) is 0. The number of rotatable bonds is 6. The Morgan fingerprint density at radius 3 is 2.18 bits per heavy atom. The number of hydrogen-bond acceptors (Lipinski definition) is 0. The van der Waals surface area contributed by atoms with E-state index in [4.69, 9.17) is 0 Å². The van der Waals surface area contributed by atoms with Gasteiger partial charge in [0.25, 0.3) is 0 Å². The van der Waals surface area contributed by atoms with Crippen molar-refractivity contribution in [1.82, 2.24) is 0 Å². The van der Waals surface area contributed by atoms with Crippen LogP contribution in [0.3, 0.4) is 0 Å². The summed E-state index contributed by atoms with van der Waals surface area (Å²) in [5, 5.41) is 0. The van der Waals surface area contributed by atoms with Crippen molar-refractivity contribution in [2.45, 2.75) is 39.0 Å². The second-order valence-corrected chi connectivity index (χ2v) is 2.61. The molecule has 0 bridgehead atoms. The molecule has 0 aliphatic heterocycles. The summed E-state index contributed by atoms with van der Waals surface area (Å²) in [5.41, 5.74) is 0. The van der Waals surface area contributed by atoms with Crippen molar-refractivity contribution >= 4 is 0 Å². The van der Waals surface area contributed by atoms with Gasteiger partial charge in [-0.3, -0.25) is 0 Å². The van der Waals surface area contributed by atoms with Crippen LogP contribution < -0.4 is 0 Å². The van der Waals surface area contributed by atoms with E-state index in [0.717, 1.165) is 6.42 Å². The molecule has 0 fully saturated rings. The summed E-state index contributed by atoms with van der Waals surface area (Å²) < 4.78 is 0. The Morgan fingerprint density at radius 1 is 1.00 bits per heavy atom. The lowest BCUT2D eigenvalue weighted by Gasteiger charge is -1.91. The van der Waals surface area contributed by atoms with Gasteiger partial charge in [0, 0.05) is 0 Å². The highest BCUT2D eigenvalue weighted by Crippen LogP contribution is 2.01. The predicted octanol–water partition coefficient (Wildman–Crippen LogP) is 3.90. The van der Waals surface area contributed by atoms with Crippen molar-refractivity contribution in [2.24, 2.45) is 0 Å². The molecule has 0 unspecified atom stereocenters. The summed E-state index contributed by atoms with van der Waals surface area (Å²) in [6.07, 6.45) is 14.7. The summed E-state index contributed by atoms with van der Waals surface area (Å²) in [6.45, 7) is 5.81. The van der Waals surface area contributed by atoms with Gasteiger partial charge in [0.1, 0.15) is 0 Å². The van der Waals surface area contributed by atoms with Gasteiger partial charge in [-0.1, -0.05) is 24.3 Å².